The van der Waals surface area contributed by atoms with E-state index in [-0.39, 0.29) is 12.0 Å². The molecule has 1 fully saturated rings. The summed E-state index contributed by atoms with van der Waals surface area (Å²) in [6.45, 7) is 9.96. The molecule has 0 aromatic rings. The molecule has 0 aromatic heterocycles. The maximum absolute atomic E-state index is 11.6. The van der Waals surface area contributed by atoms with Crippen molar-refractivity contribution in [3.05, 3.63) is 0 Å². The Labute approximate surface area is 177 Å². The lowest BCUT2D eigenvalue weighted by Crippen LogP contribution is -2.60. The molecule has 1 aliphatic heterocycles. The van der Waals surface area contributed by atoms with Crippen LogP contribution in [0.25, 0.3) is 0 Å². The summed E-state index contributed by atoms with van der Waals surface area (Å²) in [5.41, 5.74) is -0.794. The standard InChI is InChI=1S/C20H39NO9/c1-10(23)21-11(13(24)17(28)20(5,6)9-19(2,3)4)8-29-18-16(27)15(26)14(25)12(7-22)30-18/h11-18,22,24-28H,7-9H2,1-6H3,(H,21,23)/t11?,12?,13-,14?,15?,16?,17-,18?/m0/s1. The van der Waals surface area contributed by atoms with Crippen LogP contribution in [-0.4, -0.2) is 98.7 Å². The summed E-state index contributed by atoms with van der Waals surface area (Å²) in [5.74, 6) is -0.461. The molecule has 1 rings (SSSR count). The monoisotopic (exact) mass is 437 g/mol. The van der Waals surface area contributed by atoms with Crippen molar-refractivity contribution in [2.45, 2.75) is 96.9 Å². The van der Waals surface area contributed by atoms with Crippen LogP contribution in [0.15, 0.2) is 0 Å². The maximum atomic E-state index is 11.6. The highest BCUT2D eigenvalue weighted by atomic mass is 16.7. The highest BCUT2D eigenvalue weighted by Gasteiger charge is 2.45. The summed E-state index contributed by atoms with van der Waals surface area (Å²) < 4.78 is 10.7. The molecule has 10 heteroatoms. The van der Waals surface area contributed by atoms with Crippen molar-refractivity contribution in [2.24, 2.45) is 10.8 Å². The molecule has 1 aliphatic rings. The second kappa shape index (κ2) is 10.6. The van der Waals surface area contributed by atoms with Gasteiger partial charge in [0.25, 0.3) is 0 Å². The zero-order valence-corrected chi connectivity index (χ0v) is 18.6. The summed E-state index contributed by atoms with van der Waals surface area (Å²) in [6.07, 6.45) is -9.30. The highest BCUT2D eigenvalue weighted by Crippen LogP contribution is 2.37. The molecule has 0 radical (unpaired) electrons. The van der Waals surface area contributed by atoms with Crippen LogP contribution in [0, 0.1) is 10.8 Å². The van der Waals surface area contributed by atoms with Crippen molar-refractivity contribution in [1.29, 1.82) is 0 Å². The molecule has 0 saturated carbocycles. The Bertz CT molecular complexity index is 549. The van der Waals surface area contributed by atoms with Crippen LogP contribution in [0.2, 0.25) is 0 Å². The molecule has 0 spiro atoms. The summed E-state index contributed by atoms with van der Waals surface area (Å²) in [4.78, 5) is 11.6. The lowest BCUT2D eigenvalue weighted by atomic mass is 9.71. The molecular weight excluding hydrogens is 398 g/mol. The number of ether oxygens (including phenoxy) is 2. The molecule has 0 bridgehead atoms. The smallest absolute Gasteiger partial charge is 0.217 e. The topological polar surface area (TPSA) is 169 Å². The van der Waals surface area contributed by atoms with E-state index in [9.17, 15) is 35.4 Å². The number of nitrogens with one attached hydrogen (secondary N) is 1. The number of amides is 1. The van der Waals surface area contributed by atoms with Crippen LogP contribution in [0.5, 0.6) is 0 Å². The molecule has 1 amide bonds. The van der Waals surface area contributed by atoms with E-state index in [1.54, 1.807) is 0 Å². The Morgan fingerprint density at radius 2 is 1.63 bits per heavy atom. The molecular formula is C20H39NO9. The van der Waals surface area contributed by atoms with Crippen LogP contribution in [-0.2, 0) is 14.3 Å². The number of rotatable bonds is 9. The Balaban J connectivity index is 2.90. The van der Waals surface area contributed by atoms with E-state index in [2.05, 4.69) is 5.32 Å². The zero-order valence-electron chi connectivity index (χ0n) is 18.6. The largest absolute Gasteiger partial charge is 0.394 e. The summed E-state index contributed by atoms with van der Waals surface area (Å²) in [6, 6.07) is -1.04. The maximum Gasteiger partial charge on any atom is 0.217 e. The van der Waals surface area contributed by atoms with Gasteiger partial charge in [0.05, 0.1) is 25.4 Å². The van der Waals surface area contributed by atoms with Gasteiger partial charge in [-0.15, -0.1) is 0 Å². The second-order valence-corrected chi connectivity index (χ2v) is 10.00. The third-order valence-corrected chi connectivity index (χ3v) is 5.20. The van der Waals surface area contributed by atoms with Crippen molar-refractivity contribution in [3.8, 4) is 0 Å². The number of aliphatic hydroxyl groups excluding tert-OH is 6. The van der Waals surface area contributed by atoms with E-state index in [0.29, 0.717) is 6.42 Å². The van der Waals surface area contributed by atoms with Gasteiger partial charge in [0.15, 0.2) is 6.29 Å². The van der Waals surface area contributed by atoms with E-state index in [4.69, 9.17) is 9.47 Å². The fourth-order valence-corrected chi connectivity index (χ4v) is 4.04. The average molecular weight is 438 g/mol. The van der Waals surface area contributed by atoms with Crippen molar-refractivity contribution in [2.75, 3.05) is 13.2 Å². The van der Waals surface area contributed by atoms with Gasteiger partial charge in [0.2, 0.25) is 5.91 Å². The SMILES string of the molecule is CC(=O)NC(COC1OC(CO)C(O)C(O)C1O)[C@H](O)[C@H](O)C(C)(C)CC(C)(C)C. The molecule has 1 saturated heterocycles. The summed E-state index contributed by atoms with van der Waals surface area (Å²) >= 11 is 0. The van der Waals surface area contributed by atoms with E-state index in [1.165, 1.54) is 6.92 Å². The minimum absolute atomic E-state index is 0.111. The fourth-order valence-electron chi connectivity index (χ4n) is 4.04. The Hall–Kier alpha value is -0.850. The van der Waals surface area contributed by atoms with Crippen molar-refractivity contribution in [1.82, 2.24) is 5.32 Å². The van der Waals surface area contributed by atoms with E-state index in [0.717, 1.165) is 0 Å². The molecule has 6 unspecified atom stereocenters. The highest BCUT2D eigenvalue weighted by molar-refractivity contribution is 5.73. The Kier molecular flexibility index (Phi) is 9.65. The van der Waals surface area contributed by atoms with Gasteiger partial charge < -0.3 is 45.4 Å². The molecule has 10 nitrogen and oxygen atoms in total. The lowest BCUT2D eigenvalue weighted by molar-refractivity contribution is -0.303. The Morgan fingerprint density at radius 1 is 1.07 bits per heavy atom. The quantitative estimate of drug-likeness (QED) is 0.227. The molecule has 0 aromatic carbocycles. The van der Waals surface area contributed by atoms with Crippen LogP contribution < -0.4 is 5.32 Å². The van der Waals surface area contributed by atoms with Gasteiger partial charge in [-0.25, -0.2) is 0 Å². The first-order valence-electron chi connectivity index (χ1n) is 10.2. The molecule has 7 N–H and O–H groups in total. The van der Waals surface area contributed by atoms with Crippen molar-refractivity contribution in [3.63, 3.8) is 0 Å². The summed E-state index contributed by atoms with van der Waals surface area (Å²) in [5, 5.41) is 63.1. The first-order chi connectivity index (χ1) is 13.6. The van der Waals surface area contributed by atoms with Gasteiger partial charge in [-0.2, -0.15) is 0 Å². The van der Waals surface area contributed by atoms with Crippen LogP contribution >= 0.6 is 0 Å². The Morgan fingerprint density at radius 3 is 2.10 bits per heavy atom. The van der Waals surface area contributed by atoms with Crippen molar-refractivity contribution < 1.29 is 44.9 Å². The van der Waals surface area contributed by atoms with E-state index in [1.807, 2.05) is 34.6 Å². The van der Waals surface area contributed by atoms with Gasteiger partial charge in [-0.3, -0.25) is 4.79 Å². The summed E-state index contributed by atoms with van der Waals surface area (Å²) in [7, 11) is 0. The normalized spacial score (nSPS) is 31.1. The van der Waals surface area contributed by atoms with Crippen molar-refractivity contribution >= 4 is 5.91 Å². The first-order valence-corrected chi connectivity index (χ1v) is 10.2. The predicted octanol–water partition coefficient (Wildman–Crippen LogP) is -1.51. The predicted molar refractivity (Wildman–Crippen MR) is 107 cm³/mol. The number of hydrogen-bond donors (Lipinski definition) is 7. The molecule has 0 aliphatic carbocycles. The number of carbonyl (C=O) groups excluding carboxylic acids is 1. The van der Waals surface area contributed by atoms with Crippen LogP contribution in [0.4, 0.5) is 0 Å². The average Bonchev–Trinajstić information content (AvgIpc) is 2.61. The van der Waals surface area contributed by atoms with E-state index >= 15 is 0 Å². The van der Waals surface area contributed by atoms with Gasteiger partial charge in [-0.1, -0.05) is 34.6 Å². The third kappa shape index (κ3) is 7.38. The third-order valence-electron chi connectivity index (χ3n) is 5.20. The second-order valence-electron chi connectivity index (χ2n) is 10.00. The number of carbonyl (C=O) groups is 1. The minimum Gasteiger partial charge on any atom is -0.394 e. The van der Waals surface area contributed by atoms with E-state index < -0.39 is 66.9 Å². The van der Waals surface area contributed by atoms with Crippen LogP contribution in [0.1, 0.15) is 48.0 Å². The molecule has 1 heterocycles. The van der Waals surface area contributed by atoms with Gasteiger partial charge in [0, 0.05) is 6.92 Å². The van der Waals surface area contributed by atoms with Crippen LogP contribution in [0.3, 0.4) is 0 Å². The lowest BCUT2D eigenvalue weighted by Gasteiger charge is -2.42. The van der Waals surface area contributed by atoms with Gasteiger partial charge in [0.1, 0.15) is 30.5 Å². The molecule has 178 valence electrons. The number of hydrogen-bond acceptors (Lipinski definition) is 9. The minimum atomic E-state index is -1.61. The number of aliphatic hydroxyl groups is 6. The fraction of sp³-hybridized carbons (Fsp3) is 0.950. The zero-order chi connectivity index (χ0) is 23.4. The van der Waals surface area contributed by atoms with Gasteiger partial charge >= 0.3 is 0 Å². The molecule has 30 heavy (non-hydrogen) atoms. The first kappa shape index (κ1) is 27.2. The van der Waals surface area contributed by atoms with Gasteiger partial charge in [-0.05, 0) is 17.3 Å². The molecule has 8 atom stereocenters.